The molecule has 2 aliphatic rings. The summed E-state index contributed by atoms with van der Waals surface area (Å²) in [6.45, 7) is 11.0. The molecular formula is C61H64N3OP+2. The van der Waals surface area contributed by atoms with Crippen LogP contribution in [0.25, 0.3) is 21.5 Å². The van der Waals surface area contributed by atoms with Crippen LogP contribution in [0.15, 0.2) is 200 Å². The lowest BCUT2D eigenvalue weighted by Crippen LogP contribution is -2.33. The molecule has 1 amide bonds. The van der Waals surface area contributed by atoms with Crippen molar-refractivity contribution in [3.05, 3.63) is 211 Å². The summed E-state index contributed by atoms with van der Waals surface area (Å²) in [5.74, 6) is 0.147. The van der Waals surface area contributed by atoms with Crippen molar-refractivity contribution in [1.29, 1.82) is 0 Å². The van der Waals surface area contributed by atoms with Crippen LogP contribution < -0.4 is 26.1 Å². The second-order valence-corrected chi connectivity index (χ2v) is 22.7. The van der Waals surface area contributed by atoms with Gasteiger partial charge in [0.25, 0.3) is 0 Å². The summed E-state index contributed by atoms with van der Waals surface area (Å²) in [6, 6.07) is 59.8. The largest absolute Gasteiger partial charge is 0.356 e. The average Bonchev–Trinajstić information content (AvgIpc) is 3.69. The van der Waals surface area contributed by atoms with Crippen molar-refractivity contribution < 1.29 is 9.37 Å². The van der Waals surface area contributed by atoms with E-state index in [9.17, 15) is 4.79 Å². The number of allylic oxidation sites excluding steroid dienone is 6. The van der Waals surface area contributed by atoms with E-state index in [0.29, 0.717) is 13.0 Å². The van der Waals surface area contributed by atoms with E-state index in [1.807, 2.05) is 0 Å². The molecule has 0 spiro atoms. The molecule has 0 saturated carbocycles. The van der Waals surface area contributed by atoms with Gasteiger partial charge in [0.2, 0.25) is 11.6 Å². The van der Waals surface area contributed by atoms with Crippen molar-refractivity contribution in [2.75, 3.05) is 31.2 Å². The van der Waals surface area contributed by atoms with Gasteiger partial charge in [-0.2, -0.15) is 4.58 Å². The highest BCUT2D eigenvalue weighted by molar-refractivity contribution is 7.95. The van der Waals surface area contributed by atoms with E-state index in [-0.39, 0.29) is 16.7 Å². The predicted molar refractivity (Wildman–Crippen MR) is 285 cm³/mol. The van der Waals surface area contributed by atoms with Gasteiger partial charge in [-0.25, -0.2) is 0 Å². The number of rotatable bonds is 16. The van der Waals surface area contributed by atoms with Crippen molar-refractivity contribution in [2.45, 2.75) is 70.6 Å². The number of carbonyl (C=O) groups is 1. The number of nitrogens with one attached hydrogen (secondary N) is 1. The summed E-state index contributed by atoms with van der Waals surface area (Å²) in [4.78, 5) is 15.8. The molecule has 0 unspecified atom stereocenters. The first-order valence-corrected chi connectivity index (χ1v) is 25.9. The van der Waals surface area contributed by atoms with E-state index < -0.39 is 7.26 Å². The fourth-order valence-corrected chi connectivity index (χ4v) is 15.5. The lowest BCUT2D eigenvalue weighted by atomic mass is 9.79. The summed E-state index contributed by atoms with van der Waals surface area (Å²) in [7, 11) is 0.316. The first-order chi connectivity index (χ1) is 32.1. The quantitative estimate of drug-likeness (QED) is 0.0454. The first kappa shape index (κ1) is 44.8. The van der Waals surface area contributed by atoms with Crippen LogP contribution in [-0.4, -0.2) is 42.5 Å². The molecule has 0 radical (unpaired) electrons. The van der Waals surface area contributed by atoms with Gasteiger partial charge < -0.3 is 10.2 Å². The van der Waals surface area contributed by atoms with E-state index in [0.717, 1.165) is 38.4 Å². The summed E-state index contributed by atoms with van der Waals surface area (Å²) in [6.07, 6.45) is 16.5. The Morgan fingerprint density at radius 1 is 0.591 bits per heavy atom. The number of hydrogen-bond donors (Lipinski definition) is 1. The van der Waals surface area contributed by atoms with Gasteiger partial charge >= 0.3 is 0 Å². The highest BCUT2D eigenvalue weighted by Crippen LogP contribution is 2.56. The zero-order chi connectivity index (χ0) is 45.7. The van der Waals surface area contributed by atoms with Crippen LogP contribution in [0, 0.1) is 0 Å². The lowest BCUT2D eigenvalue weighted by Gasteiger charge is -2.27. The van der Waals surface area contributed by atoms with E-state index in [4.69, 9.17) is 0 Å². The highest BCUT2D eigenvalue weighted by atomic mass is 31.2. The van der Waals surface area contributed by atoms with Crippen molar-refractivity contribution >= 4 is 67.7 Å². The Balaban J connectivity index is 0.848. The maximum Gasteiger partial charge on any atom is 0.219 e. The highest BCUT2D eigenvalue weighted by Gasteiger charge is 2.46. The molecule has 1 N–H and O–H groups in total. The Labute approximate surface area is 393 Å². The van der Waals surface area contributed by atoms with Gasteiger partial charge in [-0.05, 0) is 121 Å². The third-order valence-electron chi connectivity index (χ3n) is 14.2. The monoisotopic (exact) mass is 885 g/mol. The van der Waals surface area contributed by atoms with Crippen molar-refractivity contribution in [3.63, 3.8) is 0 Å². The number of amides is 1. The molecule has 0 atom stereocenters. The molecule has 4 nitrogen and oxygen atoms in total. The first-order valence-electron chi connectivity index (χ1n) is 23.9. The number of benzene rings is 7. The Hall–Kier alpha value is -6.35. The molecule has 7 aromatic carbocycles. The van der Waals surface area contributed by atoms with E-state index in [2.05, 4.69) is 244 Å². The van der Waals surface area contributed by atoms with E-state index in [1.165, 1.54) is 71.4 Å². The summed E-state index contributed by atoms with van der Waals surface area (Å²) in [5, 5.41) is 12.7. The van der Waals surface area contributed by atoms with Gasteiger partial charge in [-0.1, -0.05) is 141 Å². The number of hydrogen-bond acceptors (Lipinski definition) is 2. The fourth-order valence-electron chi connectivity index (χ4n) is 11.1. The minimum absolute atomic E-state index is 0.126. The number of unbranched alkanes of at least 4 members (excludes halogenated alkanes) is 2. The van der Waals surface area contributed by atoms with E-state index >= 15 is 0 Å². The average molecular weight is 886 g/mol. The van der Waals surface area contributed by atoms with Crippen LogP contribution in [0.1, 0.15) is 70.9 Å². The van der Waals surface area contributed by atoms with Crippen LogP contribution in [0.3, 0.4) is 0 Å². The zero-order valence-corrected chi connectivity index (χ0v) is 40.3. The van der Waals surface area contributed by atoms with Crippen LogP contribution in [0.2, 0.25) is 0 Å². The predicted octanol–water partition coefficient (Wildman–Crippen LogP) is 12.9. The third-order valence-corrected chi connectivity index (χ3v) is 18.8. The topological polar surface area (TPSA) is 35.4 Å². The molecule has 2 heterocycles. The maximum absolute atomic E-state index is 13.3. The van der Waals surface area contributed by atoms with Gasteiger partial charge in [-0.15, -0.1) is 0 Å². The van der Waals surface area contributed by atoms with Crippen LogP contribution >= 0.6 is 7.26 Å². The second kappa shape index (κ2) is 19.2. The van der Waals surface area contributed by atoms with Gasteiger partial charge in [0, 0.05) is 54.0 Å². The minimum atomic E-state index is -1.87. The number of anilines is 1. The van der Waals surface area contributed by atoms with Gasteiger partial charge in [0.1, 0.15) is 30.2 Å². The molecule has 2 aliphatic heterocycles. The Bertz CT molecular complexity index is 2880. The van der Waals surface area contributed by atoms with Crippen LogP contribution in [0.5, 0.6) is 0 Å². The molecule has 0 fully saturated rings. The third kappa shape index (κ3) is 8.49. The van der Waals surface area contributed by atoms with Gasteiger partial charge in [-0.3, -0.25) is 4.79 Å². The molecule has 9 rings (SSSR count). The number of fused-ring (bicyclic) bond motifs is 6. The van der Waals surface area contributed by atoms with Gasteiger partial charge in [0.15, 0.2) is 5.71 Å². The number of carbonyl (C=O) groups excluding carboxylic acids is 1. The SMILES string of the molecule is C[N+]1=C(/C=C/C=C/C=C2/N(CCCCC(=O)NCCCC[P+](c3ccccc3)(c3ccccc3)c3ccccc3)c3ccc4ccccc4c3C2(C)C)C(C)(C)c2c1ccc1ccccc21. The van der Waals surface area contributed by atoms with Crippen molar-refractivity contribution in [2.24, 2.45) is 0 Å². The Morgan fingerprint density at radius 2 is 1.15 bits per heavy atom. The fraction of sp³-hybridized carbons (Fsp3) is 0.246. The Kier molecular flexibility index (Phi) is 13.1. The number of nitrogens with zero attached hydrogens (tertiary/aromatic N) is 2. The van der Waals surface area contributed by atoms with Crippen molar-refractivity contribution in [1.82, 2.24) is 5.32 Å². The molecule has 66 heavy (non-hydrogen) atoms. The molecular weight excluding hydrogens is 822 g/mol. The molecule has 5 heteroatoms. The normalized spacial score (nSPS) is 16.0. The van der Waals surface area contributed by atoms with E-state index in [1.54, 1.807) is 0 Å². The van der Waals surface area contributed by atoms with Gasteiger partial charge in [0.05, 0.1) is 11.6 Å². The molecule has 332 valence electrons. The zero-order valence-electron chi connectivity index (χ0n) is 39.4. The summed E-state index contributed by atoms with van der Waals surface area (Å²) >= 11 is 0. The van der Waals surface area contributed by atoms with Crippen LogP contribution in [0.4, 0.5) is 11.4 Å². The Morgan fingerprint density at radius 3 is 1.77 bits per heavy atom. The molecule has 0 saturated heterocycles. The second-order valence-electron chi connectivity index (χ2n) is 19.1. The smallest absolute Gasteiger partial charge is 0.219 e. The van der Waals surface area contributed by atoms with Crippen molar-refractivity contribution in [3.8, 4) is 0 Å². The molecule has 7 aromatic rings. The molecule has 0 aromatic heterocycles. The maximum atomic E-state index is 13.3. The van der Waals surface area contributed by atoms with Crippen LogP contribution in [-0.2, 0) is 15.6 Å². The summed E-state index contributed by atoms with van der Waals surface area (Å²) in [5.41, 5.74) is 7.57. The minimum Gasteiger partial charge on any atom is -0.356 e. The summed E-state index contributed by atoms with van der Waals surface area (Å²) < 4.78 is 2.35. The standard InChI is InChI=1S/C61H63N3OP/c1-60(2)55(63(5)53-41-39-46-26-18-20-34-51(46)58(53)60)36-16-9-17-37-56-61(3,4)59-52-35-21-19-27-47(52)40-42-54(59)64(56)44-24-22-38-57(65)62-43-23-25-45-66(48-28-10-6-11-29-48,49-30-12-7-13-31-49)50-32-14-8-15-33-50/h6-21,26-37,39-42H,22-25,38,43-45H2,1-5H3/q+1/p+1. The lowest BCUT2D eigenvalue weighted by molar-refractivity contribution is -0.401. The molecule has 0 aliphatic carbocycles. The molecule has 0 bridgehead atoms.